The second-order valence-corrected chi connectivity index (χ2v) is 5.69. The number of ether oxygens (including phenoxy) is 2. The lowest BCUT2D eigenvalue weighted by Crippen LogP contribution is -2.49. The summed E-state index contributed by atoms with van der Waals surface area (Å²) in [6.45, 7) is 5.01. The third kappa shape index (κ3) is 3.04. The van der Waals surface area contributed by atoms with Crippen LogP contribution in [0.2, 0.25) is 0 Å². The summed E-state index contributed by atoms with van der Waals surface area (Å²) in [6.07, 6.45) is 3.10. The maximum absolute atomic E-state index is 5.80. The molecular formula is C16H24N4O2. The lowest BCUT2D eigenvalue weighted by molar-refractivity contribution is 0.135. The zero-order chi connectivity index (χ0) is 15.5. The third-order valence-corrected chi connectivity index (χ3v) is 4.38. The highest BCUT2D eigenvalue weighted by Gasteiger charge is 2.15. The molecule has 2 heterocycles. The number of fused-ring (bicyclic) bond motifs is 1. The first-order valence-electron chi connectivity index (χ1n) is 7.65. The predicted molar refractivity (Wildman–Crippen MR) is 87.3 cm³/mol. The Morgan fingerprint density at radius 2 is 1.77 bits per heavy atom. The minimum atomic E-state index is 0.752. The molecule has 3 N–H and O–H groups in total. The number of piperazine rings is 1. The van der Waals surface area contributed by atoms with Gasteiger partial charge in [-0.3, -0.25) is 5.84 Å². The predicted octanol–water partition coefficient (Wildman–Crippen LogP) is 1.22. The molecule has 1 fully saturated rings. The third-order valence-electron chi connectivity index (χ3n) is 4.38. The van der Waals surface area contributed by atoms with Crippen LogP contribution in [-0.4, -0.2) is 61.8 Å². The van der Waals surface area contributed by atoms with E-state index >= 15 is 0 Å². The maximum Gasteiger partial charge on any atom is 0.162 e. The highest BCUT2D eigenvalue weighted by Crippen LogP contribution is 2.33. The summed E-state index contributed by atoms with van der Waals surface area (Å²) in [7, 11) is 3.33. The second kappa shape index (κ2) is 6.56. The van der Waals surface area contributed by atoms with Crippen LogP contribution in [0.4, 0.5) is 0 Å². The van der Waals surface area contributed by atoms with Crippen molar-refractivity contribution in [1.82, 2.24) is 14.9 Å². The molecule has 1 aromatic heterocycles. The van der Waals surface area contributed by atoms with Crippen molar-refractivity contribution in [1.29, 1.82) is 0 Å². The summed E-state index contributed by atoms with van der Waals surface area (Å²) >= 11 is 0. The van der Waals surface area contributed by atoms with Crippen molar-refractivity contribution >= 4 is 10.9 Å². The molecule has 0 spiro atoms. The van der Waals surface area contributed by atoms with Crippen molar-refractivity contribution in [3.63, 3.8) is 0 Å². The highest BCUT2D eigenvalue weighted by molar-refractivity contribution is 5.86. The van der Waals surface area contributed by atoms with Crippen LogP contribution < -0.4 is 15.3 Å². The molecule has 0 radical (unpaired) electrons. The number of rotatable bonds is 5. The van der Waals surface area contributed by atoms with E-state index < -0.39 is 0 Å². The minimum Gasteiger partial charge on any atom is -0.493 e. The van der Waals surface area contributed by atoms with Gasteiger partial charge in [-0.05, 0) is 18.1 Å². The van der Waals surface area contributed by atoms with Gasteiger partial charge in [0.15, 0.2) is 11.5 Å². The SMILES string of the molecule is COc1cc2[nH]cc(CCN3CCN(N)CC3)c2cc1OC. The van der Waals surface area contributed by atoms with Gasteiger partial charge in [0.1, 0.15) is 0 Å². The quantitative estimate of drug-likeness (QED) is 0.813. The van der Waals surface area contributed by atoms with Crippen LogP contribution in [0.3, 0.4) is 0 Å². The topological polar surface area (TPSA) is 66.8 Å². The van der Waals surface area contributed by atoms with E-state index in [0.717, 1.165) is 56.2 Å². The Bertz CT molecular complexity index is 632. The summed E-state index contributed by atoms with van der Waals surface area (Å²) < 4.78 is 10.8. The number of nitrogens with one attached hydrogen (secondary N) is 1. The highest BCUT2D eigenvalue weighted by atomic mass is 16.5. The summed E-state index contributed by atoms with van der Waals surface area (Å²) in [5.74, 6) is 7.32. The van der Waals surface area contributed by atoms with Gasteiger partial charge in [0.05, 0.1) is 14.2 Å². The minimum absolute atomic E-state index is 0.752. The van der Waals surface area contributed by atoms with Crippen LogP contribution >= 0.6 is 0 Å². The number of H-pyrrole nitrogens is 1. The van der Waals surface area contributed by atoms with Gasteiger partial charge in [-0.15, -0.1) is 0 Å². The van der Waals surface area contributed by atoms with Gasteiger partial charge in [0, 0.05) is 55.9 Å². The molecule has 0 atom stereocenters. The zero-order valence-corrected chi connectivity index (χ0v) is 13.3. The molecule has 2 aromatic rings. The molecule has 1 aliphatic heterocycles. The number of hydrogen-bond donors (Lipinski definition) is 2. The summed E-state index contributed by atoms with van der Waals surface area (Å²) in [5, 5.41) is 3.09. The lowest BCUT2D eigenvalue weighted by atomic mass is 10.1. The molecule has 0 saturated carbocycles. The Labute approximate surface area is 130 Å². The first-order chi connectivity index (χ1) is 10.7. The van der Waals surface area contributed by atoms with E-state index in [2.05, 4.69) is 22.1 Å². The van der Waals surface area contributed by atoms with Crippen LogP contribution in [0.15, 0.2) is 18.3 Å². The zero-order valence-electron chi connectivity index (χ0n) is 13.3. The molecule has 22 heavy (non-hydrogen) atoms. The normalized spacial score (nSPS) is 17.0. The fraction of sp³-hybridized carbons (Fsp3) is 0.500. The molecule has 0 bridgehead atoms. The van der Waals surface area contributed by atoms with Gasteiger partial charge >= 0.3 is 0 Å². The van der Waals surface area contributed by atoms with Crippen molar-refractivity contribution < 1.29 is 9.47 Å². The Balaban J connectivity index is 1.74. The fourth-order valence-electron chi connectivity index (χ4n) is 2.98. The Kier molecular flexibility index (Phi) is 4.52. The smallest absolute Gasteiger partial charge is 0.162 e. The van der Waals surface area contributed by atoms with Crippen molar-refractivity contribution in [2.75, 3.05) is 46.9 Å². The van der Waals surface area contributed by atoms with Crippen LogP contribution in [-0.2, 0) is 6.42 Å². The number of methoxy groups -OCH3 is 2. The largest absolute Gasteiger partial charge is 0.493 e. The van der Waals surface area contributed by atoms with Gasteiger partial charge in [0.2, 0.25) is 0 Å². The Morgan fingerprint density at radius 1 is 1.09 bits per heavy atom. The van der Waals surface area contributed by atoms with Gasteiger partial charge in [-0.2, -0.15) is 0 Å². The van der Waals surface area contributed by atoms with Gasteiger partial charge < -0.3 is 19.4 Å². The Hall–Kier alpha value is -1.76. The second-order valence-electron chi connectivity index (χ2n) is 5.69. The average Bonchev–Trinajstić information content (AvgIpc) is 2.95. The van der Waals surface area contributed by atoms with E-state index in [9.17, 15) is 0 Å². The standard InChI is InChI=1S/C16H24N4O2/c1-21-15-9-13-12(11-18-14(13)10-16(15)22-2)3-4-19-5-7-20(17)8-6-19/h9-11,18H,3-8,17H2,1-2H3. The lowest BCUT2D eigenvalue weighted by Gasteiger charge is -2.31. The van der Waals surface area contributed by atoms with E-state index in [-0.39, 0.29) is 0 Å². The molecule has 6 heteroatoms. The van der Waals surface area contributed by atoms with Crippen molar-refractivity contribution in [2.45, 2.75) is 6.42 Å². The molecule has 3 rings (SSSR count). The van der Waals surface area contributed by atoms with Crippen molar-refractivity contribution in [3.05, 3.63) is 23.9 Å². The fourth-order valence-corrected chi connectivity index (χ4v) is 2.98. The van der Waals surface area contributed by atoms with E-state index in [4.69, 9.17) is 15.3 Å². The van der Waals surface area contributed by atoms with Crippen molar-refractivity contribution in [2.24, 2.45) is 5.84 Å². The molecule has 0 amide bonds. The van der Waals surface area contributed by atoms with Crippen LogP contribution in [0.1, 0.15) is 5.56 Å². The molecule has 1 saturated heterocycles. The van der Waals surface area contributed by atoms with Crippen LogP contribution in [0.5, 0.6) is 11.5 Å². The molecule has 6 nitrogen and oxygen atoms in total. The van der Waals surface area contributed by atoms with Gasteiger partial charge in [0.25, 0.3) is 0 Å². The van der Waals surface area contributed by atoms with E-state index in [1.54, 1.807) is 14.2 Å². The number of nitrogens with zero attached hydrogens (tertiary/aromatic N) is 2. The van der Waals surface area contributed by atoms with Crippen LogP contribution in [0.25, 0.3) is 10.9 Å². The number of benzene rings is 1. The number of hydrazine groups is 1. The van der Waals surface area contributed by atoms with E-state index in [0.29, 0.717) is 0 Å². The van der Waals surface area contributed by atoms with Gasteiger partial charge in [-0.25, -0.2) is 5.01 Å². The average molecular weight is 304 g/mol. The van der Waals surface area contributed by atoms with Crippen molar-refractivity contribution in [3.8, 4) is 11.5 Å². The van der Waals surface area contributed by atoms with E-state index in [1.807, 2.05) is 11.1 Å². The number of aromatic nitrogens is 1. The molecular weight excluding hydrogens is 280 g/mol. The molecule has 1 aromatic carbocycles. The number of nitrogens with two attached hydrogens (primary N) is 1. The molecule has 120 valence electrons. The first kappa shape index (κ1) is 15.1. The van der Waals surface area contributed by atoms with E-state index in [1.165, 1.54) is 10.9 Å². The molecule has 0 unspecified atom stereocenters. The monoisotopic (exact) mass is 304 g/mol. The first-order valence-corrected chi connectivity index (χ1v) is 7.65. The number of hydrogen-bond acceptors (Lipinski definition) is 5. The Morgan fingerprint density at radius 3 is 2.45 bits per heavy atom. The summed E-state index contributed by atoms with van der Waals surface area (Å²) in [4.78, 5) is 5.79. The number of aromatic amines is 1. The molecule has 0 aliphatic carbocycles. The van der Waals surface area contributed by atoms with Gasteiger partial charge in [-0.1, -0.05) is 0 Å². The summed E-state index contributed by atoms with van der Waals surface area (Å²) in [6, 6.07) is 4.04. The maximum atomic E-state index is 5.80. The molecule has 1 aliphatic rings. The van der Waals surface area contributed by atoms with Crippen LogP contribution in [0, 0.1) is 0 Å². The summed E-state index contributed by atoms with van der Waals surface area (Å²) in [5.41, 5.74) is 2.39.